The second kappa shape index (κ2) is 6.64. The van der Waals surface area contributed by atoms with Crippen LogP contribution < -0.4 is 5.73 Å². The molecule has 9 heteroatoms. The second-order valence-corrected chi connectivity index (χ2v) is 7.79. The Hall–Kier alpha value is -1.74. The van der Waals surface area contributed by atoms with E-state index in [1.807, 2.05) is 0 Å². The summed E-state index contributed by atoms with van der Waals surface area (Å²) < 4.78 is 5.34. The van der Waals surface area contributed by atoms with Gasteiger partial charge in [0.05, 0.1) is 0 Å². The first-order valence-corrected chi connectivity index (χ1v) is 8.75. The van der Waals surface area contributed by atoms with Crippen LogP contribution >= 0.6 is 11.8 Å². The number of carboxylic acids is 1. The lowest BCUT2D eigenvalue weighted by atomic mass is 10.0. The lowest BCUT2D eigenvalue weighted by Gasteiger charge is -2.48. The molecule has 1 fully saturated rings. The molecule has 2 amide bonds. The molecular weight excluding hydrogens is 334 g/mol. The predicted molar refractivity (Wildman–Crippen MR) is 89.2 cm³/mol. The van der Waals surface area contributed by atoms with Crippen molar-refractivity contribution in [3.05, 3.63) is 11.3 Å². The normalized spacial score (nSPS) is 23.5. The number of thioether (sulfide) groups is 1. The summed E-state index contributed by atoms with van der Waals surface area (Å²) in [6.45, 7) is 7.55. The minimum Gasteiger partial charge on any atom is -0.477 e. The summed E-state index contributed by atoms with van der Waals surface area (Å²) in [7, 11) is 0. The number of hydrogen-bond donors (Lipinski definition) is 2. The summed E-state index contributed by atoms with van der Waals surface area (Å²) in [4.78, 5) is 38.4. The quantitative estimate of drug-likeness (QED) is 0.716. The van der Waals surface area contributed by atoms with Gasteiger partial charge in [0.25, 0.3) is 0 Å². The first-order valence-electron chi connectivity index (χ1n) is 7.70. The van der Waals surface area contributed by atoms with Crippen molar-refractivity contribution in [1.82, 2.24) is 9.80 Å². The van der Waals surface area contributed by atoms with Crippen molar-refractivity contribution >= 4 is 29.7 Å². The van der Waals surface area contributed by atoms with E-state index in [2.05, 4.69) is 0 Å². The maximum Gasteiger partial charge on any atom is 0.410 e. The predicted octanol–water partition coefficient (Wildman–Crippen LogP) is 0.825. The summed E-state index contributed by atoms with van der Waals surface area (Å²) in [5.41, 5.74) is 5.53. The fourth-order valence-corrected chi connectivity index (χ4v) is 3.85. The van der Waals surface area contributed by atoms with E-state index in [4.69, 9.17) is 10.5 Å². The minimum atomic E-state index is -1.18. The molecule has 0 radical (unpaired) electrons. The molecule has 2 rings (SSSR count). The van der Waals surface area contributed by atoms with Gasteiger partial charge < -0.3 is 20.5 Å². The third-order valence-electron chi connectivity index (χ3n) is 3.71. The monoisotopic (exact) mass is 357 g/mol. The van der Waals surface area contributed by atoms with Crippen LogP contribution in [-0.2, 0) is 14.3 Å². The van der Waals surface area contributed by atoms with Gasteiger partial charge in [-0.1, -0.05) is 0 Å². The third kappa shape index (κ3) is 3.51. The zero-order chi connectivity index (χ0) is 18.2. The van der Waals surface area contributed by atoms with E-state index in [0.717, 1.165) is 0 Å². The van der Waals surface area contributed by atoms with Crippen LogP contribution in [0, 0.1) is 0 Å². The largest absolute Gasteiger partial charge is 0.477 e. The highest BCUT2D eigenvalue weighted by Gasteiger charge is 2.51. The third-order valence-corrected chi connectivity index (χ3v) is 5.07. The molecule has 0 saturated carbocycles. The SMILES string of the molecule is CCN(CC1=C(C(=O)O)N2C(=O)C(N)[C@@H]2SC1)C(=O)OC(C)(C)C. The molecule has 1 unspecified atom stereocenters. The van der Waals surface area contributed by atoms with Crippen LogP contribution in [0.3, 0.4) is 0 Å². The van der Waals surface area contributed by atoms with Gasteiger partial charge in [0.15, 0.2) is 0 Å². The lowest BCUT2D eigenvalue weighted by Crippen LogP contribution is -2.68. The van der Waals surface area contributed by atoms with Crippen LogP contribution in [0.1, 0.15) is 27.7 Å². The maximum absolute atomic E-state index is 12.2. The summed E-state index contributed by atoms with van der Waals surface area (Å²) >= 11 is 1.41. The molecular formula is C15H23N3O5S. The number of carboxylic acid groups (broad SMARTS) is 1. The molecule has 2 heterocycles. The number of nitrogens with zero attached hydrogens (tertiary/aromatic N) is 2. The molecule has 0 aliphatic carbocycles. The number of likely N-dealkylation sites (N-methyl/N-ethyl adjacent to an activating group) is 1. The van der Waals surface area contributed by atoms with Gasteiger partial charge in [-0.3, -0.25) is 9.69 Å². The maximum atomic E-state index is 12.2. The Morgan fingerprint density at radius 3 is 2.58 bits per heavy atom. The molecule has 2 aliphatic rings. The van der Waals surface area contributed by atoms with Gasteiger partial charge in [0.2, 0.25) is 5.91 Å². The van der Waals surface area contributed by atoms with Crippen LogP contribution in [-0.4, -0.2) is 68.7 Å². The van der Waals surface area contributed by atoms with E-state index in [0.29, 0.717) is 17.9 Å². The number of aliphatic carboxylic acids is 1. The first kappa shape index (κ1) is 18.6. The van der Waals surface area contributed by atoms with Crippen LogP contribution in [0.25, 0.3) is 0 Å². The average Bonchev–Trinajstić information content (AvgIpc) is 2.48. The van der Waals surface area contributed by atoms with Gasteiger partial charge in [0.1, 0.15) is 22.7 Å². The standard InChI is InChI=1S/C15H23N3O5S/c1-5-17(14(22)23-15(2,3)4)6-8-7-24-12-9(16)11(19)18(12)10(8)13(20)21/h9,12H,5-7,16H2,1-4H3,(H,20,21)/t9?,12-/m0/s1. The smallest absolute Gasteiger partial charge is 0.410 e. The van der Waals surface area contributed by atoms with Crippen LogP contribution in [0.2, 0.25) is 0 Å². The van der Waals surface area contributed by atoms with E-state index in [1.54, 1.807) is 27.7 Å². The summed E-state index contributed by atoms with van der Waals surface area (Å²) in [6, 6.07) is -0.668. The molecule has 0 aromatic rings. The number of carbonyl (C=O) groups excluding carboxylic acids is 2. The Morgan fingerprint density at radius 2 is 2.08 bits per heavy atom. The van der Waals surface area contributed by atoms with Crippen molar-refractivity contribution in [1.29, 1.82) is 0 Å². The summed E-state index contributed by atoms with van der Waals surface area (Å²) in [5.74, 6) is -1.18. The Bertz CT molecular complexity index is 598. The van der Waals surface area contributed by atoms with Gasteiger partial charge in [-0.2, -0.15) is 0 Å². The number of rotatable bonds is 4. The highest BCUT2D eigenvalue weighted by molar-refractivity contribution is 8.00. The molecule has 8 nitrogen and oxygen atoms in total. The van der Waals surface area contributed by atoms with Gasteiger partial charge in [-0.15, -0.1) is 11.8 Å². The number of amides is 2. The second-order valence-electron chi connectivity index (χ2n) is 6.69. The number of nitrogens with two attached hydrogens (primary N) is 1. The van der Waals surface area contributed by atoms with Gasteiger partial charge >= 0.3 is 12.1 Å². The molecule has 1 saturated heterocycles. The number of β-lactam (4-membered cyclic amide) rings is 1. The zero-order valence-corrected chi connectivity index (χ0v) is 15.1. The van der Waals surface area contributed by atoms with Crippen molar-refractivity contribution in [3.63, 3.8) is 0 Å². The number of hydrogen-bond acceptors (Lipinski definition) is 6. The van der Waals surface area contributed by atoms with Crippen molar-refractivity contribution in [2.75, 3.05) is 18.8 Å². The van der Waals surface area contributed by atoms with Crippen LogP contribution in [0.5, 0.6) is 0 Å². The molecule has 0 aromatic carbocycles. The Kier molecular flexibility index (Phi) is 5.14. The molecule has 134 valence electrons. The van der Waals surface area contributed by atoms with E-state index < -0.39 is 29.6 Å². The topological polar surface area (TPSA) is 113 Å². The highest BCUT2D eigenvalue weighted by atomic mass is 32.2. The van der Waals surface area contributed by atoms with E-state index in [9.17, 15) is 19.5 Å². The van der Waals surface area contributed by atoms with Crippen LogP contribution in [0.4, 0.5) is 4.79 Å². The minimum absolute atomic E-state index is 0.0625. The molecule has 2 atom stereocenters. The summed E-state index contributed by atoms with van der Waals surface area (Å²) in [6.07, 6.45) is -0.513. The highest BCUT2D eigenvalue weighted by Crippen LogP contribution is 2.39. The zero-order valence-electron chi connectivity index (χ0n) is 14.2. The molecule has 24 heavy (non-hydrogen) atoms. The molecule has 0 spiro atoms. The Balaban J connectivity index is 2.23. The molecule has 0 aromatic heterocycles. The number of fused-ring (bicyclic) bond motifs is 1. The number of carbonyl (C=O) groups is 3. The molecule has 2 aliphatic heterocycles. The van der Waals surface area contributed by atoms with E-state index in [-0.39, 0.29) is 17.6 Å². The molecule has 3 N–H and O–H groups in total. The van der Waals surface area contributed by atoms with E-state index in [1.165, 1.54) is 21.6 Å². The van der Waals surface area contributed by atoms with Crippen molar-refractivity contribution in [3.8, 4) is 0 Å². The van der Waals surface area contributed by atoms with Gasteiger partial charge in [0, 0.05) is 18.8 Å². The fourth-order valence-electron chi connectivity index (χ4n) is 2.56. The van der Waals surface area contributed by atoms with Gasteiger partial charge in [-0.05, 0) is 33.3 Å². The first-order chi connectivity index (χ1) is 11.1. The van der Waals surface area contributed by atoms with Crippen molar-refractivity contribution in [2.45, 2.75) is 44.7 Å². The summed E-state index contributed by atoms with van der Waals surface area (Å²) in [5, 5.41) is 9.17. The molecule has 0 bridgehead atoms. The van der Waals surface area contributed by atoms with Crippen molar-refractivity contribution in [2.24, 2.45) is 5.73 Å². The van der Waals surface area contributed by atoms with Crippen LogP contribution in [0.15, 0.2) is 11.3 Å². The Labute approximate surface area is 145 Å². The Morgan fingerprint density at radius 1 is 1.46 bits per heavy atom. The average molecular weight is 357 g/mol. The van der Waals surface area contributed by atoms with Gasteiger partial charge in [-0.25, -0.2) is 9.59 Å². The number of ether oxygens (including phenoxy) is 1. The fraction of sp³-hybridized carbons (Fsp3) is 0.667. The van der Waals surface area contributed by atoms with E-state index >= 15 is 0 Å². The van der Waals surface area contributed by atoms with Crippen molar-refractivity contribution < 1.29 is 24.2 Å². The lowest BCUT2D eigenvalue weighted by molar-refractivity contribution is -0.148.